The lowest BCUT2D eigenvalue weighted by molar-refractivity contribution is 0.402. The number of nitrogens with one attached hydrogen (secondary N) is 1. The fourth-order valence-corrected chi connectivity index (χ4v) is 3.84. The molecule has 25 heavy (non-hydrogen) atoms. The van der Waals surface area contributed by atoms with E-state index in [9.17, 15) is 8.42 Å². The topological polar surface area (TPSA) is 81.4 Å². The predicted octanol–water partition coefficient (Wildman–Crippen LogP) is 3.76. The van der Waals surface area contributed by atoms with E-state index in [2.05, 4.69) is 9.88 Å². The molecule has 3 rings (SSSR count). The van der Waals surface area contributed by atoms with E-state index in [0.717, 1.165) is 24.0 Å². The Morgan fingerprint density at radius 3 is 2.44 bits per heavy atom. The standard InChI is InChI=1S/C18H20N2O4S/c1-4-12-6-8-14-16(10-12)24-19-18(14)20-25(21,22)17-11-13(5-2)7-9-15(17)23-3/h6-11H,4-5H2,1-3H3,(H,19,20). The molecule has 0 amide bonds. The Bertz CT molecular complexity index is 1010. The smallest absolute Gasteiger partial charge is 0.266 e. The molecule has 0 saturated heterocycles. The molecule has 6 nitrogen and oxygen atoms in total. The molecule has 2 aromatic carbocycles. The van der Waals surface area contributed by atoms with Crippen molar-refractivity contribution in [3.8, 4) is 5.75 Å². The number of aryl methyl sites for hydroxylation is 2. The number of benzene rings is 2. The molecule has 0 radical (unpaired) electrons. The molecule has 7 heteroatoms. The van der Waals surface area contributed by atoms with Crippen LogP contribution in [0.3, 0.4) is 0 Å². The average molecular weight is 360 g/mol. The van der Waals surface area contributed by atoms with Gasteiger partial charge in [-0.15, -0.1) is 0 Å². The first-order chi connectivity index (χ1) is 12.0. The molecule has 3 aromatic rings. The monoisotopic (exact) mass is 360 g/mol. The van der Waals surface area contributed by atoms with Gasteiger partial charge in [-0.1, -0.05) is 31.1 Å². The summed E-state index contributed by atoms with van der Waals surface area (Å²) in [6, 6.07) is 10.7. The third-order valence-corrected chi connectivity index (χ3v) is 5.46. The highest BCUT2D eigenvalue weighted by Gasteiger charge is 2.23. The molecule has 1 N–H and O–H groups in total. The molecule has 0 aliphatic carbocycles. The number of nitrogens with zero attached hydrogens (tertiary/aromatic N) is 1. The van der Waals surface area contributed by atoms with Crippen LogP contribution in [0.5, 0.6) is 5.75 Å². The maximum Gasteiger partial charge on any atom is 0.266 e. The van der Waals surface area contributed by atoms with Crippen molar-refractivity contribution in [2.24, 2.45) is 0 Å². The van der Waals surface area contributed by atoms with Crippen molar-refractivity contribution in [3.05, 3.63) is 47.5 Å². The summed E-state index contributed by atoms with van der Waals surface area (Å²) < 4.78 is 38.7. The lowest BCUT2D eigenvalue weighted by Gasteiger charge is -2.11. The summed E-state index contributed by atoms with van der Waals surface area (Å²) in [5.74, 6) is 0.451. The molecule has 0 spiro atoms. The summed E-state index contributed by atoms with van der Waals surface area (Å²) in [4.78, 5) is 0.0793. The van der Waals surface area contributed by atoms with Gasteiger partial charge in [-0.3, -0.25) is 4.72 Å². The van der Waals surface area contributed by atoms with Gasteiger partial charge in [-0.2, -0.15) is 0 Å². The van der Waals surface area contributed by atoms with Crippen LogP contribution in [-0.2, 0) is 22.9 Å². The van der Waals surface area contributed by atoms with Gasteiger partial charge in [0.25, 0.3) is 10.0 Å². The van der Waals surface area contributed by atoms with Crippen molar-refractivity contribution >= 4 is 26.8 Å². The van der Waals surface area contributed by atoms with E-state index in [1.54, 1.807) is 12.1 Å². The van der Waals surface area contributed by atoms with Crippen molar-refractivity contribution < 1.29 is 17.7 Å². The van der Waals surface area contributed by atoms with Crippen molar-refractivity contribution in [2.75, 3.05) is 11.8 Å². The molecule has 0 atom stereocenters. The van der Waals surface area contributed by atoms with Gasteiger partial charge >= 0.3 is 0 Å². The van der Waals surface area contributed by atoms with Crippen LogP contribution >= 0.6 is 0 Å². The van der Waals surface area contributed by atoms with Crippen LogP contribution in [0.15, 0.2) is 45.8 Å². The zero-order valence-corrected chi connectivity index (χ0v) is 15.2. The zero-order valence-electron chi connectivity index (χ0n) is 14.4. The number of methoxy groups -OCH3 is 1. The van der Waals surface area contributed by atoms with Gasteiger partial charge in [0.1, 0.15) is 10.6 Å². The van der Waals surface area contributed by atoms with Gasteiger partial charge in [-0.05, 0) is 48.2 Å². The van der Waals surface area contributed by atoms with Crippen molar-refractivity contribution in [2.45, 2.75) is 31.6 Å². The SMILES string of the molecule is CCc1ccc(OC)c(S(=O)(=O)Nc2noc3cc(CC)ccc23)c1. The number of aromatic nitrogens is 1. The molecular weight excluding hydrogens is 340 g/mol. The van der Waals surface area contributed by atoms with E-state index in [0.29, 0.717) is 11.0 Å². The molecule has 0 fully saturated rings. The van der Waals surface area contributed by atoms with E-state index in [1.807, 2.05) is 38.1 Å². The third-order valence-electron chi connectivity index (χ3n) is 4.10. The molecule has 1 aromatic heterocycles. The Hall–Kier alpha value is -2.54. The summed E-state index contributed by atoms with van der Waals surface area (Å²) in [5, 5.41) is 4.49. The van der Waals surface area contributed by atoms with Gasteiger partial charge in [0.2, 0.25) is 0 Å². The highest BCUT2D eigenvalue weighted by atomic mass is 32.2. The van der Waals surface area contributed by atoms with Gasteiger partial charge < -0.3 is 9.26 Å². The minimum Gasteiger partial charge on any atom is -0.495 e. The first kappa shape index (κ1) is 17.3. The normalized spacial score (nSPS) is 11.6. The van der Waals surface area contributed by atoms with Gasteiger partial charge in [0.15, 0.2) is 11.4 Å². The number of hydrogen-bond donors (Lipinski definition) is 1. The van der Waals surface area contributed by atoms with E-state index < -0.39 is 10.0 Å². The predicted molar refractivity (Wildman–Crippen MR) is 96.6 cm³/mol. The Morgan fingerprint density at radius 2 is 1.76 bits per heavy atom. The van der Waals surface area contributed by atoms with Crippen molar-refractivity contribution in [1.29, 1.82) is 0 Å². The van der Waals surface area contributed by atoms with Crippen LogP contribution in [0.25, 0.3) is 11.0 Å². The lowest BCUT2D eigenvalue weighted by Crippen LogP contribution is -2.15. The first-order valence-corrected chi connectivity index (χ1v) is 9.54. The fraction of sp³-hybridized carbons (Fsp3) is 0.278. The van der Waals surface area contributed by atoms with Crippen LogP contribution in [0.2, 0.25) is 0 Å². The Kier molecular flexibility index (Phi) is 4.67. The van der Waals surface area contributed by atoms with E-state index in [1.165, 1.54) is 7.11 Å². The van der Waals surface area contributed by atoms with E-state index in [-0.39, 0.29) is 16.5 Å². The summed E-state index contributed by atoms with van der Waals surface area (Å²) in [6.45, 7) is 4.00. The fourth-order valence-electron chi connectivity index (χ4n) is 2.61. The number of hydrogen-bond acceptors (Lipinski definition) is 5. The minimum absolute atomic E-state index is 0.0793. The number of rotatable bonds is 6. The second-order valence-electron chi connectivity index (χ2n) is 5.66. The van der Waals surface area contributed by atoms with Crippen LogP contribution in [0.4, 0.5) is 5.82 Å². The number of anilines is 1. The number of sulfonamides is 1. The van der Waals surface area contributed by atoms with Crippen molar-refractivity contribution in [3.63, 3.8) is 0 Å². The quantitative estimate of drug-likeness (QED) is 0.724. The maximum atomic E-state index is 12.8. The lowest BCUT2D eigenvalue weighted by atomic mass is 10.1. The largest absolute Gasteiger partial charge is 0.495 e. The molecule has 0 unspecified atom stereocenters. The Balaban J connectivity index is 2.02. The molecule has 0 aliphatic heterocycles. The van der Waals surface area contributed by atoms with Crippen molar-refractivity contribution in [1.82, 2.24) is 5.16 Å². The summed E-state index contributed by atoms with van der Waals surface area (Å²) >= 11 is 0. The van der Waals surface area contributed by atoms with Gasteiger partial charge in [0.05, 0.1) is 12.5 Å². The molecule has 0 aliphatic rings. The number of ether oxygens (including phenoxy) is 1. The van der Waals surface area contributed by atoms with Crippen LogP contribution in [0.1, 0.15) is 25.0 Å². The van der Waals surface area contributed by atoms with E-state index in [4.69, 9.17) is 9.26 Å². The van der Waals surface area contributed by atoms with Crippen LogP contribution in [0, 0.1) is 0 Å². The maximum absolute atomic E-state index is 12.8. The third kappa shape index (κ3) is 3.32. The highest BCUT2D eigenvalue weighted by molar-refractivity contribution is 7.92. The second-order valence-corrected chi connectivity index (χ2v) is 7.31. The number of fused-ring (bicyclic) bond motifs is 1. The molecule has 0 bridgehead atoms. The average Bonchev–Trinajstić information content (AvgIpc) is 3.02. The van der Waals surface area contributed by atoms with Gasteiger partial charge in [-0.25, -0.2) is 8.42 Å². The molecular formula is C18H20N2O4S. The Labute approximate surface area is 146 Å². The van der Waals surface area contributed by atoms with E-state index >= 15 is 0 Å². The van der Waals surface area contributed by atoms with Gasteiger partial charge in [0, 0.05) is 0 Å². The zero-order chi connectivity index (χ0) is 18.0. The molecule has 0 saturated carbocycles. The van der Waals surface area contributed by atoms with Crippen LogP contribution in [-0.4, -0.2) is 20.7 Å². The first-order valence-electron chi connectivity index (χ1n) is 8.06. The molecule has 132 valence electrons. The Morgan fingerprint density at radius 1 is 1.08 bits per heavy atom. The minimum atomic E-state index is -3.86. The highest BCUT2D eigenvalue weighted by Crippen LogP contribution is 2.30. The summed E-state index contributed by atoms with van der Waals surface area (Å²) in [7, 11) is -2.42. The second kappa shape index (κ2) is 6.76. The summed E-state index contributed by atoms with van der Waals surface area (Å²) in [5.41, 5.74) is 2.54. The molecule has 1 heterocycles. The summed E-state index contributed by atoms with van der Waals surface area (Å²) in [6.07, 6.45) is 1.58. The van der Waals surface area contributed by atoms with Crippen LogP contribution < -0.4 is 9.46 Å².